The normalized spacial score (nSPS) is 23.3. The Hall–Kier alpha value is -1.06. The van der Waals surface area contributed by atoms with Crippen LogP contribution in [0.2, 0.25) is 0 Å². The van der Waals surface area contributed by atoms with E-state index in [9.17, 15) is 0 Å². The first-order chi connectivity index (χ1) is 9.31. The van der Waals surface area contributed by atoms with Crippen molar-refractivity contribution in [1.29, 1.82) is 0 Å². The van der Waals surface area contributed by atoms with E-state index in [4.69, 9.17) is 9.47 Å². The second-order valence-corrected chi connectivity index (χ2v) is 5.26. The zero-order chi connectivity index (χ0) is 13.5. The van der Waals surface area contributed by atoms with E-state index in [1.54, 1.807) is 7.11 Å². The minimum Gasteiger partial charge on any atom is -0.497 e. The topological polar surface area (TPSA) is 30.5 Å². The van der Waals surface area contributed by atoms with E-state index >= 15 is 0 Å². The number of hydrogen-bond donors (Lipinski definition) is 1. The van der Waals surface area contributed by atoms with E-state index in [0.29, 0.717) is 12.1 Å². The van der Waals surface area contributed by atoms with Gasteiger partial charge < -0.3 is 14.8 Å². The molecule has 1 aromatic carbocycles. The summed E-state index contributed by atoms with van der Waals surface area (Å²) in [5.41, 5.74) is 1.33. The summed E-state index contributed by atoms with van der Waals surface area (Å²) in [6.45, 7) is 1.04. The standard InChI is InChI=1S/C16H25NO2/c1-18-15-8-6-14(7-9-15)17-11-10-13-4-3-5-16(12-13)19-2/h3-5,12,14-15,17H,6-11H2,1-2H3. The summed E-state index contributed by atoms with van der Waals surface area (Å²) in [6, 6.07) is 8.98. The highest BCUT2D eigenvalue weighted by molar-refractivity contribution is 5.28. The second kappa shape index (κ2) is 7.51. The molecule has 0 saturated heterocycles. The summed E-state index contributed by atoms with van der Waals surface area (Å²) in [4.78, 5) is 0. The van der Waals surface area contributed by atoms with Gasteiger partial charge >= 0.3 is 0 Å². The lowest BCUT2D eigenvalue weighted by Crippen LogP contribution is -2.36. The first-order valence-corrected chi connectivity index (χ1v) is 7.21. The highest BCUT2D eigenvalue weighted by atomic mass is 16.5. The van der Waals surface area contributed by atoms with Crippen molar-refractivity contribution in [3.8, 4) is 5.75 Å². The van der Waals surface area contributed by atoms with Crippen LogP contribution in [-0.2, 0) is 11.2 Å². The van der Waals surface area contributed by atoms with Gasteiger partial charge in [0.2, 0.25) is 0 Å². The number of benzene rings is 1. The maximum Gasteiger partial charge on any atom is 0.119 e. The van der Waals surface area contributed by atoms with Crippen LogP contribution in [0.15, 0.2) is 24.3 Å². The van der Waals surface area contributed by atoms with Crippen molar-refractivity contribution < 1.29 is 9.47 Å². The summed E-state index contributed by atoms with van der Waals surface area (Å²) in [6.07, 6.45) is 6.38. The van der Waals surface area contributed by atoms with E-state index in [0.717, 1.165) is 18.7 Å². The van der Waals surface area contributed by atoms with Crippen LogP contribution in [0.25, 0.3) is 0 Å². The molecule has 0 atom stereocenters. The summed E-state index contributed by atoms with van der Waals surface area (Å²) in [5.74, 6) is 0.943. The van der Waals surface area contributed by atoms with Gasteiger partial charge in [0, 0.05) is 13.2 Å². The number of hydrogen-bond acceptors (Lipinski definition) is 3. The maximum absolute atomic E-state index is 5.40. The largest absolute Gasteiger partial charge is 0.497 e. The van der Waals surface area contributed by atoms with Gasteiger partial charge in [-0.1, -0.05) is 12.1 Å². The molecular formula is C16H25NO2. The lowest BCUT2D eigenvalue weighted by Gasteiger charge is -2.28. The average Bonchev–Trinajstić information content (AvgIpc) is 2.48. The lowest BCUT2D eigenvalue weighted by molar-refractivity contribution is 0.0626. The van der Waals surface area contributed by atoms with Crippen molar-refractivity contribution in [2.45, 2.75) is 44.2 Å². The predicted octanol–water partition coefficient (Wildman–Crippen LogP) is 2.78. The van der Waals surface area contributed by atoms with E-state index in [2.05, 4.69) is 23.5 Å². The SMILES string of the molecule is COc1cccc(CCNC2CCC(OC)CC2)c1. The van der Waals surface area contributed by atoms with Crippen molar-refractivity contribution in [1.82, 2.24) is 5.32 Å². The van der Waals surface area contributed by atoms with Gasteiger partial charge in [0.15, 0.2) is 0 Å². The molecule has 0 aliphatic heterocycles. The predicted molar refractivity (Wildman–Crippen MR) is 77.8 cm³/mol. The smallest absolute Gasteiger partial charge is 0.119 e. The van der Waals surface area contributed by atoms with E-state index < -0.39 is 0 Å². The third-order valence-electron chi connectivity index (χ3n) is 3.99. The van der Waals surface area contributed by atoms with Crippen molar-refractivity contribution >= 4 is 0 Å². The maximum atomic E-state index is 5.40. The third kappa shape index (κ3) is 4.51. The Balaban J connectivity index is 1.69. The van der Waals surface area contributed by atoms with Crippen molar-refractivity contribution in [2.24, 2.45) is 0 Å². The highest BCUT2D eigenvalue weighted by Crippen LogP contribution is 2.20. The van der Waals surface area contributed by atoms with Crippen molar-refractivity contribution in [3.63, 3.8) is 0 Å². The zero-order valence-electron chi connectivity index (χ0n) is 12.0. The molecule has 0 heterocycles. The van der Waals surface area contributed by atoms with Crippen molar-refractivity contribution in [3.05, 3.63) is 29.8 Å². The van der Waals surface area contributed by atoms with Crippen LogP contribution in [0.1, 0.15) is 31.2 Å². The molecule has 0 aromatic heterocycles. The van der Waals surface area contributed by atoms with Crippen LogP contribution in [-0.4, -0.2) is 32.9 Å². The minimum absolute atomic E-state index is 0.483. The fourth-order valence-electron chi connectivity index (χ4n) is 2.75. The molecule has 106 valence electrons. The monoisotopic (exact) mass is 263 g/mol. The fraction of sp³-hybridized carbons (Fsp3) is 0.625. The summed E-state index contributed by atoms with van der Waals surface area (Å²) < 4.78 is 10.6. The van der Waals surface area contributed by atoms with E-state index in [-0.39, 0.29) is 0 Å². The number of methoxy groups -OCH3 is 2. The van der Waals surface area contributed by atoms with Gasteiger partial charge in [0.1, 0.15) is 5.75 Å². The fourth-order valence-corrected chi connectivity index (χ4v) is 2.75. The molecule has 0 bridgehead atoms. The molecule has 1 aliphatic carbocycles. The number of rotatable bonds is 6. The first-order valence-electron chi connectivity index (χ1n) is 7.21. The van der Waals surface area contributed by atoms with Gasteiger partial charge in [-0.15, -0.1) is 0 Å². The molecule has 1 fully saturated rings. The second-order valence-electron chi connectivity index (χ2n) is 5.26. The molecule has 19 heavy (non-hydrogen) atoms. The molecule has 1 N–H and O–H groups in total. The van der Waals surface area contributed by atoms with Gasteiger partial charge in [-0.05, 0) is 56.3 Å². The molecule has 1 saturated carbocycles. The molecule has 0 spiro atoms. The van der Waals surface area contributed by atoms with Gasteiger partial charge in [-0.25, -0.2) is 0 Å². The summed E-state index contributed by atoms with van der Waals surface area (Å²) in [5, 5.41) is 3.66. The average molecular weight is 263 g/mol. The molecule has 0 unspecified atom stereocenters. The Kier molecular flexibility index (Phi) is 5.67. The van der Waals surface area contributed by atoms with Crippen LogP contribution < -0.4 is 10.1 Å². The molecular weight excluding hydrogens is 238 g/mol. The quantitative estimate of drug-likeness (QED) is 0.856. The van der Waals surface area contributed by atoms with Crippen LogP contribution in [0.5, 0.6) is 5.75 Å². The Labute approximate surface area is 116 Å². The van der Waals surface area contributed by atoms with Crippen LogP contribution in [0, 0.1) is 0 Å². The zero-order valence-corrected chi connectivity index (χ0v) is 12.0. The highest BCUT2D eigenvalue weighted by Gasteiger charge is 2.19. The van der Waals surface area contributed by atoms with Gasteiger partial charge in [-0.3, -0.25) is 0 Å². The number of ether oxygens (including phenoxy) is 2. The molecule has 3 heteroatoms. The Bertz CT molecular complexity index is 373. The molecule has 0 radical (unpaired) electrons. The lowest BCUT2D eigenvalue weighted by atomic mass is 9.93. The van der Waals surface area contributed by atoms with Crippen LogP contribution >= 0.6 is 0 Å². The molecule has 3 nitrogen and oxygen atoms in total. The molecule has 0 amide bonds. The van der Waals surface area contributed by atoms with Gasteiger partial charge in [-0.2, -0.15) is 0 Å². The van der Waals surface area contributed by atoms with E-state index in [1.165, 1.54) is 31.2 Å². The Morgan fingerprint density at radius 1 is 1.16 bits per heavy atom. The van der Waals surface area contributed by atoms with E-state index in [1.807, 2.05) is 13.2 Å². The third-order valence-corrected chi connectivity index (χ3v) is 3.99. The summed E-state index contributed by atoms with van der Waals surface area (Å²) in [7, 11) is 3.53. The van der Waals surface area contributed by atoms with Crippen LogP contribution in [0.4, 0.5) is 0 Å². The Morgan fingerprint density at radius 3 is 2.63 bits per heavy atom. The number of nitrogens with one attached hydrogen (secondary N) is 1. The van der Waals surface area contributed by atoms with Gasteiger partial charge in [0.05, 0.1) is 13.2 Å². The minimum atomic E-state index is 0.483. The van der Waals surface area contributed by atoms with Gasteiger partial charge in [0.25, 0.3) is 0 Å². The first kappa shape index (κ1) is 14.4. The molecule has 1 aliphatic rings. The van der Waals surface area contributed by atoms with Crippen LogP contribution in [0.3, 0.4) is 0 Å². The molecule has 2 rings (SSSR count). The van der Waals surface area contributed by atoms with Crippen molar-refractivity contribution in [2.75, 3.05) is 20.8 Å². The Morgan fingerprint density at radius 2 is 1.95 bits per heavy atom. The molecule has 1 aromatic rings. The summed E-state index contributed by atoms with van der Waals surface area (Å²) >= 11 is 0.